The van der Waals surface area contributed by atoms with Crippen molar-refractivity contribution in [3.8, 4) is 0 Å². The Hall–Kier alpha value is -1.31. The lowest BCUT2D eigenvalue weighted by Crippen LogP contribution is -1.98. The van der Waals surface area contributed by atoms with E-state index in [1.165, 1.54) is 11.1 Å². The molecule has 1 aromatic rings. The van der Waals surface area contributed by atoms with Crippen molar-refractivity contribution in [1.29, 1.82) is 0 Å². The summed E-state index contributed by atoms with van der Waals surface area (Å²) in [7, 11) is 0. The van der Waals surface area contributed by atoms with Gasteiger partial charge in [-0.25, -0.2) is 0 Å². The van der Waals surface area contributed by atoms with Crippen LogP contribution in [0.25, 0.3) is 0 Å². The van der Waals surface area contributed by atoms with Crippen LogP contribution in [0.15, 0.2) is 24.3 Å². The molecule has 0 amide bonds. The average Bonchev–Trinajstić information content (AvgIpc) is 2.82. The van der Waals surface area contributed by atoms with Gasteiger partial charge >= 0.3 is 5.97 Å². The van der Waals surface area contributed by atoms with Gasteiger partial charge in [0.15, 0.2) is 0 Å². The number of carbonyl (C=O) groups is 1. The first-order chi connectivity index (χ1) is 6.18. The number of aryl methyl sites for hydroxylation is 1. The molecule has 1 unspecified atom stereocenters. The molecule has 2 heteroatoms. The second-order valence-corrected chi connectivity index (χ2v) is 3.70. The van der Waals surface area contributed by atoms with Crippen LogP contribution in [0, 0.1) is 12.8 Å². The van der Waals surface area contributed by atoms with Crippen molar-refractivity contribution in [2.24, 2.45) is 5.92 Å². The van der Waals surface area contributed by atoms with Gasteiger partial charge in [-0.2, -0.15) is 0 Å². The molecule has 0 heterocycles. The first kappa shape index (κ1) is 8.30. The molecule has 0 aromatic heterocycles. The van der Waals surface area contributed by atoms with Gasteiger partial charge in [-0.05, 0) is 24.8 Å². The monoisotopic (exact) mass is 176 g/mol. The van der Waals surface area contributed by atoms with E-state index in [0.29, 0.717) is 0 Å². The lowest BCUT2D eigenvalue weighted by Gasteiger charge is -1.99. The Balaban J connectivity index is 2.16. The van der Waals surface area contributed by atoms with E-state index < -0.39 is 5.97 Å². The first-order valence-electron chi connectivity index (χ1n) is 4.48. The molecule has 0 spiro atoms. The van der Waals surface area contributed by atoms with Crippen LogP contribution in [-0.2, 0) is 4.79 Å². The molecule has 1 aliphatic rings. The van der Waals surface area contributed by atoms with Crippen LogP contribution in [0.4, 0.5) is 0 Å². The van der Waals surface area contributed by atoms with Crippen LogP contribution in [0.2, 0.25) is 0 Å². The molecule has 2 nitrogen and oxygen atoms in total. The summed E-state index contributed by atoms with van der Waals surface area (Å²) in [5, 5.41) is 8.75. The standard InChI is InChI=1S/C11H12O2/c1-7-3-2-4-8(5-7)9-6-10(9)11(12)13/h2-5,9-10H,6H2,1H3,(H,12,13)/t9?,10-/m1/s1. The Labute approximate surface area is 77.2 Å². The molecule has 1 N–H and O–H groups in total. The van der Waals surface area contributed by atoms with Crippen molar-refractivity contribution >= 4 is 5.97 Å². The summed E-state index contributed by atoms with van der Waals surface area (Å²) in [4.78, 5) is 10.6. The maximum Gasteiger partial charge on any atom is 0.307 e. The lowest BCUT2D eigenvalue weighted by molar-refractivity contribution is -0.138. The molecule has 1 aliphatic carbocycles. The molecule has 0 bridgehead atoms. The molecule has 0 saturated heterocycles. The van der Waals surface area contributed by atoms with Crippen LogP contribution in [-0.4, -0.2) is 11.1 Å². The van der Waals surface area contributed by atoms with E-state index in [0.717, 1.165) is 6.42 Å². The Bertz CT molecular complexity index is 344. The van der Waals surface area contributed by atoms with Gasteiger partial charge in [0.1, 0.15) is 0 Å². The first-order valence-corrected chi connectivity index (χ1v) is 4.48. The van der Waals surface area contributed by atoms with Crippen molar-refractivity contribution < 1.29 is 9.90 Å². The van der Waals surface area contributed by atoms with Crippen LogP contribution in [0.1, 0.15) is 23.5 Å². The molecule has 0 aliphatic heterocycles. The maximum absolute atomic E-state index is 10.6. The summed E-state index contributed by atoms with van der Waals surface area (Å²) in [5.41, 5.74) is 2.38. The number of carboxylic acid groups (broad SMARTS) is 1. The second kappa shape index (κ2) is 2.87. The largest absolute Gasteiger partial charge is 0.481 e. The Morgan fingerprint density at radius 1 is 1.54 bits per heavy atom. The van der Waals surface area contributed by atoms with Crippen molar-refractivity contribution in [1.82, 2.24) is 0 Å². The number of aliphatic carboxylic acids is 1. The van der Waals surface area contributed by atoms with E-state index in [-0.39, 0.29) is 11.8 Å². The third-order valence-corrected chi connectivity index (χ3v) is 2.58. The van der Waals surface area contributed by atoms with Gasteiger partial charge in [0.2, 0.25) is 0 Å². The SMILES string of the molecule is Cc1cccc(C2C[C@H]2C(=O)O)c1. The third-order valence-electron chi connectivity index (χ3n) is 2.58. The fourth-order valence-electron chi connectivity index (χ4n) is 1.74. The molecule has 1 aromatic carbocycles. The summed E-state index contributed by atoms with van der Waals surface area (Å²) in [6.45, 7) is 2.03. The minimum Gasteiger partial charge on any atom is -0.481 e. The highest BCUT2D eigenvalue weighted by Gasteiger charge is 2.43. The molecular formula is C11H12O2. The molecule has 1 saturated carbocycles. The van der Waals surface area contributed by atoms with Gasteiger partial charge < -0.3 is 5.11 Å². The molecular weight excluding hydrogens is 164 g/mol. The zero-order valence-corrected chi connectivity index (χ0v) is 7.53. The summed E-state index contributed by atoms with van der Waals surface area (Å²) in [5.74, 6) is -0.536. The Kier molecular flexibility index (Phi) is 1.83. The van der Waals surface area contributed by atoms with Crippen LogP contribution in [0.3, 0.4) is 0 Å². The van der Waals surface area contributed by atoms with Gasteiger partial charge in [0.05, 0.1) is 5.92 Å². The van der Waals surface area contributed by atoms with Crippen molar-refractivity contribution in [2.45, 2.75) is 19.3 Å². The summed E-state index contributed by atoms with van der Waals surface area (Å²) in [6, 6.07) is 8.11. The fourth-order valence-corrected chi connectivity index (χ4v) is 1.74. The molecule has 0 radical (unpaired) electrons. The minimum absolute atomic E-state index is 0.137. The van der Waals surface area contributed by atoms with E-state index in [9.17, 15) is 4.79 Å². The Morgan fingerprint density at radius 3 is 2.85 bits per heavy atom. The summed E-state index contributed by atoms with van der Waals surface area (Å²) < 4.78 is 0. The highest BCUT2D eigenvalue weighted by Crippen LogP contribution is 2.47. The van der Waals surface area contributed by atoms with Gasteiger partial charge in [-0.1, -0.05) is 29.8 Å². The Morgan fingerprint density at radius 2 is 2.31 bits per heavy atom. The van der Waals surface area contributed by atoms with Crippen LogP contribution >= 0.6 is 0 Å². The number of carboxylic acids is 1. The number of benzene rings is 1. The maximum atomic E-state index is 10.6. The third kappa shape index (κ3) is 1.57. The van der Waals surface area contributed by atoms with Crippen molar-refractivity contribution in [2.75, 3.05) is 0 Å². The summed E-state index contributed by atoms with van der Waals surface area (Å²) in [6.07, 6.45) is 0.804. The highest BCUT2D eigenvalue weighted by molar-refractivity contribution is 5.75. The zero-order valence-electron chi connectivity index (χ0n) is 7.53. The normalized spacial score (nSPS) is 25.6. The summed E-state index contributed by atoms with van der Waals surface area (Å²) >= 11 is 0. The molecule has 2 rings (SSSR count). The number of hydrogen-bond acceptors (Lipinski definition) is 1. The van der Waals surface area contributed by atoms with Gasteiger partial charge in [0, 0.05) is 0 Å². The van der Waals surface area contributed by atoms with Gasteiger partial charge in [-0.15, -0.1) is 0 Å². The molecule has 68 valence electrons. The smallest absolute Gasteiger partial charge is 0.307 e. The van der Waals surface area contributed by atoms with E-state index >= 15 is 0 Å². The number of rotatable bonds is 2. The van der Waals surface area contributed by atoms with E-state index in [1.807, 2.05) is 25.1 Å². The van der Waals surface area contributed by atoms with Crippen LogP contribution in [0.5, 0.6) is 0 Å². The van der Waals surface area contributed by atoms with E-state index in [4.69, 9.17) is 5.11 Å². The highest BCUT2D eigenvalue weighted by atomic mass is 16.4. The second-order valence-electron chi connectivity index (χ2n) is 3.70. The number of hydrogen-bond donors (Lipinski definition) is 1. The van der Waals surface area contributed by atoms with Crippen molar-refractivity contribution in [3.05, 3.63) is 35.4 Å². The average molecular weight is 176 g/mol. The molecule has 1 fully saturated rings. The quantitative estimate of drug-likeness (QED) is 0.749. The van der Waals surface area contributed by atoms with Gasteiger partial charge in [-0.3, -0.25) is 4.79 Å². The fraction of sp³-hybridized carbons (Fsp3) is 0.364. The lowest BCUT2D eigenvalue weighted by atomic mass is 10.1. The van der Waals surface area contributed by atoms with E-state index in [1.54, 1.807) is 0 Å². The molecule has 2 atom stereocenters. The topological polar surface area (TPSA) is 37.3 Å². The zero-order chi connectivity index (χ0) is 9.42. The van der Waals surface area contributed by atoms with E-state index in [2.05, 4.69) is 6.07 Å². The van der Waals surface area contributed by atoms with Gasteiger partial charge in [0.25, 0.3) is 0 Å². The van der Waals surface area contributed by atoms with Crippen molar-refractivity contribution in [3.63, 3.8) is 0 Å². The predicted molar refractivity (Wildman–Crippen MR) is 49.7 cm³/mol. The van der Waals surface area contributed by atoms with Crippen LogP contribution < -0.4 is 0 Å². The predicted octanol–water partition coefficient (Wildman–Crippen LogP) is 2.18. The molecule has 13 heavy (non-hydrogen) atoms. The minimum atomic E-state index is -0.661.